The predicted molar refractivity (Wildman–Crippen MR) is 244 cm³/mol. The molecule has 3 aromatic carbocycles. The maximum absolute atomic E-state index is 14.3. The van der Waals surface area contributed by atoms with Crippen LogP contribution in [-0.2, 0) is 27.3 Å². The van der Waals surface area contributed by atoms with E-state index in [0.717, 1.165) is 34.5 Å². The highest BCUT2D eigenvalue weighted by molar-refractivity contribution is 6.31. The first-order valence-corrected chi connectivity index (χ1v) is 20.4. The Morgan fingerprint density at radius 3 is 1.58 bits per heavy atom. The van der Waals surface area contributed by atoms with Crippen molar-refractivity contribution in [1.29, 1.82) is 0 Å². The standard InChI is InChI=1S/C22H15ClF4N6O2.C14H12FN5O.C8H7ClN4/c1-33-10-12(9-30-33)18-8-20(29-11-28-18)35-14-3-5-17(24)19(7-14)32-21(34)31-13-2-4-16(23)15(6-13)22(25,26)27;1-20-7-9(6-19-20)13-5-14(18-8-17-13)21-10-2-3-11(15)12(16)4-10;1-13-4-6(3-12-13)7-2-8(9)11-5-10-7/h2-11H,1H3,(H2,31,32,34);2-8H,16H2,1H3;2-5H,1H3. The van der Waals surface area contributed by atoms with Gasteiger partial charge in [-0.25, -0.2) is 43.5 Å². The van der Waals surface area contributed by atoms with Gasteiger partial charge in [0.05, 0.1) is 57.6 Å². The van der Waals surface area contributed by atoms with Crippen LogP contribution in [0.15, 0.2) is 129 Å². The Bertz CT molecular complexity index is 3240. The third-order valence-electron chi connectivity index (χ3n) is 9.05. The fraction of sp³-hybridized carbons (Fsp3) is 0.0909. The molecule has 0 bridgehead atoms. The second-order valence-corrected chi connectivity index (χ2v) is 15.0. The quantitative estimate of drug-likeness (QED) is 0.0698. The van der Waals surface area contributed by atoms with Crippen LogP contribution in [0.1, 0.15) is 5.56 Å². The Balaban J connectivity index is 0.000000173. The van der Waals surface area contributed by atoms with E-state index >= 15 is 0 Å². The van der Waals surface area contributed by atoms with Crippen molar-refractivity contribution in [3.63, 3.8) is 0 Å². The number of nitrogens with zero attached hydrogens (tertiary/aromatic N) is 12. The van der Waals surface area contributed by atoms with Crippen molar-refractivity contribution in [3.8, 4) is 57.0 Å². The van der Waals surface area contributed by atoms with Gasteiger partial charge in [0.2, 0.25) is 11.8 Å². The van der Waals surface area contributed by atoms with Gasteiger partial charge in [-0.15, -0.1) is 0 Å². The van der Waals surface area contributed by atoms with Gasteiger partial charge in [0.1, 0.15) is 47.3 Å². The molecule has 0 aliphatic carbocycles. The molecule has 69 heavy (non-hydrogen) atoms. The molecule has 0 saturated carbocycles. The van der Waals surface area contributed by atoms with Crippen LogP contribution in [0, 0.1) is 11.6 Å². The average molecular weight is 987 g/mol. The molecule has 0 aliphatic heterocycles. The number of anilines is 3. The van der Waals surface area contributed by atoms with Gasteiger partial charge in [0.15, 0.2) is 0 Å². The average Bonchev–Trinajstić information content (AvgIpc) is 4.08. The molecule has 0 aliphatic rings. The largest absolute Gasteiger partial charge is 0.439 e. The molecule has 0 unspecified atom stereocenters. The zero-order valence-electron chi connectivity index (χ0n) is 35.9. The number of hydrogen-bond donors (Lipinski definition) is 3. The number of halogens is 7. The molecule has 9 aromatic rings. The Kier molecular flexibility index (Phi) is 15.0. The van der Waals surface area contributed by atoms with Crippen LogP contribution < -0.4 is 25.8 Å². The van der Waals surface area contributed by atoms with E-state index in [1.807, 2.05) is 26.5 Å². The van der Waals surface area contributed by atoms with Crippen molar-refractivity contribution >= 4 is 46.3 Å². The molecule has 4 N–H and O–H groups in total. The van der Waals surface area contributed by atoms with Crippen LogP contribution >= 0.6 is 23.2 Å². The first kappa shape index (κ1) is 48.4. The lowest BCUT2D eigenvalue weighted by atomic mass is 10.2. The van der Waals surface area contributed by atoms with Crippen molar-refractivity contribution in [2.45, 2.75) is 6.18 Å². The van der Waals surface area contributed by atoms with Gasteiger partial charge in [0, 0.05) is 92.4 Å². The van der Waals surface area contributed by atoms with Crippen molar-refractivity contribution in [3.05, 3.63) is 156 Å². The lowest BCUT2D eigenvalue weighted by Gasteiger charge is -2.13. The normalized spacial score (nSPS) is 10.9. The molecule has 0 saturated heterocycles. The summed E-state index contributed by atoms with van der Waals surface area (Å²) in [5.41, 5.74) is 8.48. The van der Waals surface area contributed by atoms with Gasteiger partial charge in [-0.05, 0) is 42.5 Å². The Labute approximate surface area is 397 Å². The number of ether oxygens (including phenoxy) is 2. The van der Waals surface area contributed by atoms with Crippen LogP contribution in [0.4, 0.5) is 43.8 Å². The van der Waals surface area contributed by atoms with Crippen LogP contribution in [0.2, 0.25) is 10.2 Å². The monoisotopic (exact) mass is 985 g/mol. The second-order valence-electron chi connectivity index (χ2n) is 14.2. The van der Waals surface area contributed by atoms with Crippen LogP contribution in [0.3, 0.4) is 0 Å². The first-order valence-electron chi connectivity index (χ1n) is 19.7. The minimum absolute atomic E-state index is 0.0223. The highest BCUT2D eigenvalue weighted by Gasteiger charge is 2.33. The number of benzene rings is 3. The van der Waals surface area contributed by atoms with E-state index in [0.29, 0.717) is 34.2 Å². The molecule has 0 atom stereocenters. The number of alkyl halides is 3. The zero-order chi connectivity index (χ0) is 49.2. The van der Waals surface area contributed by atoms with Crippen molar-refractivity contribution in [2.75, 3.05) is 16.4 Å². The molecule has 9 rings (SSSR count). The lowest BCUT2D eigenvalue weighted by Crippen LogP contribution is -2.20. The SMILES string of the molecule is Cn1cc(-c2cc(Cl)ncn2)cn1.Cn1cc(-c2cc(Oc3ccc(F)c(N)c3)ncn2)cn1.Cn1cc(-c2cc(Oc3ccc(F)c(NC(=O)Nc4ccc(Cl)c(C(F)(F)F)c4)c3)ncn2)cn1. The van der Waals surface area contributed by atoms with E-state index in [1.165, 1.54) is 55.4 Å². The molecule has 18 nitrogen and oxygen atoms in total. The first-order chi connectivity index (χ1) is 32.9. The third-order valence-corrected chi connectivity index (χ3v) is 9.58. The van der Waals surface area contributed by atoms with Crippen molar-refractivity contribution in [2.24, 2.45) is 21.1 Å². The number of nitrogen functional groups attached to an aromatic ring is 1. The number of aryl methyl sites for hydroxylation is 3. The predicted octanol–water partition coefficient (Wildman–Crippen LogP) is 10.0. The molecule has 6 aromatic heterocycles. The molecule has 0 radical (unpaired) electrons. The van der Waals surface area contributed by atoms with Crippen LogP contribution in [0.25, 0.3) is 33.8 Å². The zero-order valence-corrected chi connectivity index (χ0v) is 37.5. The number of urea groups is 1. The number of hydrogen-bond acceptors (Lipinski definition) is 13. The Hall–Kier alpha value is -8.57. The molecular weight excluding hydrogens is 952 g/mol. The maximum atomic E-state index is 14.3. The molecule has 0 spiro atoms. The third kappa shape index (κ3) is 13.3. The summed E-state index contributed by atoms with van der Waals surface area (Å²) in [5, 5.41) is 16.6. The molecule has 6 heterocycles. The number of rotatable bonds is 9. The van der Waals surface area contributed by atoms with E-state index < -0.39 is 34.4 Å². The highest BCUT2D eigenvalue weighted by atomic mass is 35.5. The smallest absolute Gasteiger partial charge is 0.417 e. The summed E-state index contributed by atoms with van der Waals surface area (Å²) in [6.07, 6.45) is 9.92. The second kappa shape index (κ2) is 21.4. The number of nitrogens with two attached hydrogens (primary N) is 1. The number of amides is 2. The van der Waals surface area contributed by atoms with E-state index in [1.54, 1.807) is 64.1 Å². The molecular formula is C44H34Cl2F5N15O3. The molecule has 25 heteroatoms. The molecule has 0 fully saturated rings. The van der Waals surface area contributed by atoms with Gasteiger partial charge in [-0.2, -0.15) is 28.5 Å². The van der Waals surface area contributed by atoms with E-state index in [9.17, 15) is 26.7 Å². The Morgan fingerprint density at radius 2 is 1.10 bits per heavy atom. The van der Waals surface area contributed by atoms with Gasteiger partial charge < -0.3 is 25.8 Å². The summed E-state index contributed by atoms with van der Waals surface area (Å²) >= 11 is 11.3. The summed E-state index contributed by atoms with van der Waals surface area (Å²) in [6.45, 7) is 0. The number of carbonyl (C=O) groups excluding carboxylic acids is 1. The van der Waals surface area contributed by atoms with E-state index in [-0.39, 0.29) is 28.7 Å². The van der Waals surface area contributed by atoms with Gasteiger partial charge in [0.25, 0.3) is 0 Å². The van der Waals surface area contributed by atoms with Gasteiger partial charge in [-0.3, -0.25) is 14.0 Å². The fourth-order valence-corrected chi connectivity index (χ4v) is 6.23. The summed E-state index contributed by atoms with van der Waals surface area (Å²) in [6, 6.07) is 14.5. The van der Waals surface area contributed by atoms with Crippen LogP contribution in [0.5, 0.6) is 23.3 Å². The van der Waals surface area contributed by atoms with Crippen molar-refractivity contribution < 1.29 is 36.2 Å². The number of aromatic nitrogens is 12. The summed E-state index contributed by atoms with van der Waals surface area (Å²) in [5.74, 6) is -0.232. The topological polar surface area (TPSA) is 216 Å². The number of nitrogens with one attached hydrogen (secondary N) is 2. The van der Waals surface area contributed by atoms with Crippen molar-refractivity contribution in [1.82, 2.24) is 59.2 Å². The Morgan fingerprint density at radius 1 is 0.609 bits per heavy atom. The van der Waals surface area contributed by atoms with E-state index in [2.05, 4.69) is 55.8 Å². The summed E-state index contributed by atoms with van der Waals surface area (Å²) < 4.78 is 82.7. The maximum Gasteiger partial charge on any atom is 0.417 e. The lowest BCUT2D eigenvalue weighted by molar-refractivity contribution is -0.137. The minimum Gasteiger partial charge on any atom is -0.439 e. The summed E-state index contributed by atoms with van der Waals surface area (Å²) in [7, 11) is 5.43. The molecule has 352 valence electrons. The summed E-state index contributed by atoms with van der Waals surface area (Å²) in [4.78, 5) is 36.5. The van der Waals surface area contributed by atoms with Gasteiger partial charge >= 0.3 is 12.2 Å². The fourth-order valence-electron chi connectivity index (χ4n) is 5.85. The van der Waals surface area contributed by atoms with E-state index in [4.69, 9.17) is 38.4 Å². The van der Waals surface area contributed by atoms with Gasteiger partial charge in [-0.1, -0.05) is 23.2 Å². The molecule has 2 amide bonds. The minimum atomic E-state index is -4.71. The highest BCUT2D eigenvalue weighted by Crippen LogP contribution is 2.36. The van der Waals surface area contributed by atoms with Crippen LogP contribution in [-0.4, -0.2) is 65.3 Å². The number of carbonyl (C=O) groups is 1.